The second kappa shape index (κ2) is 2.94. The van der Waals surface area contributed by atoms with Gasteiger partial charge in [-0.05, 0) is 25.3 Å². The van der Waals surface area contributed by atoms with Crippen molar-refractivity contribution in [2.45, 2.75) is 32.9 Å². The first kappa shape index (κ1) is 7.87. The Balaban J connectivity index is 1.84. The van der Waals surface area contributed by atoms with Gasteiger partial charge in [-0.2, -0.15) is 0 Å². The van der Waals surface area contributed by atoms with Gasteiger partial charge in [0.15, 0.2) is 0 Å². The van der Waals surface area contributed by atoms with Crippen molar-refractivity contribution in [1.82, 2.24) is 5.32 Å². The Morgan fingerprint density at radius 1 is 1.67 bits per heavy atom. The molecule has 1 aromatic heterocycles. The van der Waals surface area contributed by atoms with Gasteiger partial charge in [0.05, 0.1) is 6.26 Å². The molecule has 1 N–H and O–H groups in total. The Labute approximate surface area is 73.0 Å². The molecule has 66 valence electrons. The normalized spacial score (nSPS) is 27.5. The third kappa shape index (κ3) is 1.53. The van der Waals surface area contributed by atoms with Crippen LogP contribution >= 0.6 is 0 Å². The highest BCUT2D eigenvalue weighted by Gasteiger charge is 2.31. The molecule has 0 bridgehead atoms. The molecule has 2 unspecified atom stereocenters. The van der Waals surface area contributed by atoms with Crippen molar-refractivity contribution in [3.63, 3.8) is 0 Å². The topological polar surface area (TPSA) is 25.2 Å². The van der Waals surface area contributed by atoms with Crippen molar-refractivity contribution in [1.29, 1.82) is 0 Å². The molecule has 1 fully saturated rings. The summed E-state index contributed by atoms with van der Waals surface area (Å²) >= 11 is 0. The molecule has 0 aliphatic heterocycles. The Hall–Kier alpha value is -0.760. The summed E-state index contributed by atoms with van der Waals surface area (Å²) in [4.78, 5) is 0. The fourth-order valence-electron chi connectivity index (χ4n) is 1.44. The van der Waals surface area contributed by atoms with E-state index in [1.165, 1.54) is 12.0 Å². The van der Waals surface area contributed by atoms with Gasteiger partial charge in [0.1, 0.15) is 5.76 Å². The third-order valence-electron chi connectivity index (χ3n) is 2.63. The highest BCUT2D eigenvalue weighted by atomic mass is 16.3. The molecular weight excluding hydrogens is 150 g/mol. The van der Waals surface area contributed by atoms with Crippen LogP contribution in [0.3, 0.4) is 0 Å². The summed E-state index contributed by atoms with van der Waals surface area (Å²) in [6, 6.07) is 2.79. The highest BCUT2D eigenvalue weighted by Crippen LogP contribution is 2.29. The van der Waals surface area contributed by atoms with Gasteiger partial charge >= 0.3 is 0 Å². The first-order valence-corrected chi connectivity index (χ1v) is 4.53. The molecule has 0 radical (unpaired) electrons. The van der Waals surface area contributed by atoms with Crippen LogP contribution in [0.15, 0.2) is 16.7 Å². The molecule has 0 aromatic carbocycles. The zero-order valence-electron chi connectivity index (χ0n) is 7.63. The fourth-order valence-corrected chi connectivity index (χ4v) is 1.44. The van der Waals surface area contributed by atoms with E-state index in [0.29, 0.717) is 0 Å². The van der Waals surface area contributed by atoms with Crippen LogP contribution in [-0.4, -0.2) is 6.04 Å². The number of hydrogen-bond acceptors (Lipinski definition) is 2. The summed E-state index contributed by atoms with van der Waals surface area (Å²) in [6.45, 7) is 5.24. The van der Waals surface area contributed by atoms with Crippen molar-refractivity contribution >= 4 is 0 Å². The second-order valence-electron chi connectivity index (χ2n) is 3.70. The molecule has 0 spiro atoms. The Bertz CT molecular complexity index is 267. The quantitative estimate of drug-likeness (QED) is 0.741. The maximum absolute atomic E-state index is 5.20. The molecule has 2 rings (SSSR count). The van der Waals surface area contributed by atoms with Crippen LogP contribution in [0.4, 0.5) is 0 Å². The second-order valence-corrected chi connectivity index (χ2v) is 3.70. The summed E-state index contributed by atoms with van der Waals surface area (Å²) in [5.74, 6) is 1.91. The SMILES string of the molecule is Cc1occc1CNC1CC1C. The van der Waals surface area contributed by atoms with E-state index in [-0.39, 0.29) is 0 Å². The molecule has 12 heavy (non-hydrogen) atoms. The van der Waals surface area contributed by atoms with Gasteiger partial charge in [0.2, 0.25) is 0 Å². The van der Waals surface area contributed by atoms with Crippen LogP contribution in [0.25, 0.3) is 0 Å². The standard InChI is InChI=1S/C10H15NO/c1-7-5-10(7)11-6-9-3-4-12-8(9)2/h3-4,7,10-11H,5-6H2,1-2H3. The van der Waals surface area contributed by atoms with Crippen LogP contribution in [0.2, 0.25) is 0 Å². The summed E-state index contributed by atoms with van der Waals surface area (Å²) in [5.41, 5.74) is 1.29. The van der Waals surface area contributed by atoms with E-state index in [1.54, 1.807) is 6.26 Å². The van der Waals surface area contributed by atoms with E-state index >= 15 is 0 Å². The smallest absolute Gasteiger partial charge is 0.105 e. The van der Waals surface area contributed by atoms with Gasteiger partial charge in [-0.3, -0.25) is 0 Å². The van der Waals surface area contributed by atoms with Gasteiger partial charge in [-0.15, -0.1) is 0 Å². The van der Waals surface area contributed by atoms with Gasteiger partial charge in [-0.1, -0.05) is 6.92 Å². The van der Waals surface area contributed by atoms with Gasteiger partial charge < -0.3 is 9.73 Å². The van der Waals surface area contributed by atoms with E-state index in [0.717, 1.165) is 24.3 Å². The summed E-state index contributed by atoms with van der Waals surface area (Å²) < 4.78 is 5.20. The minimum absolute atomic E-state index is 0.749. The number of rotatable bonds is 3. The average molecular weight is 165 g/mol. The van der Waals surface area contributed by atoms with Crippen LogP contribution in [0.1, 0.15) is 24.7 Å². The fraction of sp³-hybridized carbons (Fsp3) is 0.600. The summed E-state index contributed by atoms with van der Waals surface area (Å²) in [7, 11) is 0. The largest absolute Gasteiger partial charge is 0.469 e. The molecule has 1 aromatic rings. The van der Waals surface area contributed by atoms with Gasteiger partial charge in [0, 0.05) is 18.2 Å². The van der Waals surface area contributed by atoms with E-state index < -0.39 is 0 Å². The van der Waals surface area contributed by atoms with Crippen molar-refractivity contribution in [2.24, 2.45) is 5.92 Å². The van der Waals surface area contributed by atoms with Crippen LogP contribution in [0, 0.1) is 12.8 Å². The molecule has 1 saturated carbocycles. The number of nitrogens with one attached hydrogen (secondary N) is 1. The highest BCUT2D eigenvalue weighted by molar-refractivity contribution is 5.15. The van der Waals surface area contributed by atoms with Crippen molar-refractivity contribution < 1.29 is 4.42 Å². The summed E-state index contributed by atoms with van der Waals surface area (Å²) in [5, 5.41) is 3.49. The third-order valence-corrected chi connectivity index (χ3v) is 2.63. The first-order valence-electron chi connectivity index (χ1n) is 4.53. The van der Waals surface area contributed by atoms with Crippen molar-refractivity contribution in [3.05, 3.63) is 23.7 Å². The zero-order chi connectivity index (χ0) is 8.55. The van der Waals surface area contributed by atoms with E-state index in [4.69, 9.17) is 4.42 Å². The molecule has 0 amide bonds. The average Bonchev–Trinajstić information content (AvgIpc) is 2.57. The number of aryl methyl sites for hydroxylation is 1. The lowest BCUT2D eigenvalue weighted by Gasteiger charge is -2.00. The first-order chi connectivity index (χ1) is 5.77. The maximum atomic E-state index is 5.20. The van der Waals surface area contributed by atoms with Crippen molar-refractivity contribution in [2.75, 3.05) is 0 Å². The molecule has 2 heteroatoms. The van der Waals surface area contributed by atoms with Crippen LogP contribution in [-0.2, 0) is 6.54 Å². The minimum atomic E-state index is 0.749. The molecule has 2 atom stereocenters. The lowest BCUT2D eigenvalue weighted by atomic mass is 10.2. The Morgan fingerprint density at radius 2 is 2.42 bits per heavy atom. The van der Waals surface area contributed by atoms with Gasteiger partial charge in [0.25, 0.3) is 0 Å². The van der Waals surface area contributed by atoms with Gasteiger partial charge in [-0.25, -0.2) is 0 Å². The predicted octanol–water partition coefficient (Wildman–Crippen LogP) is 2.09. The molecule has 1 heterocycles. The van der Waals surface area contributed by atoms with E-state index in [9.17, 15) is 0 Å². The predicted molar refractivity (Wildman–Crippen MR) is 47.9 cm³/mol. The maximum Gasteiger partial charge on any atom is 0.105 e. The summed E-state index contributed by atoms with van der Waals surface area (Å²) in [6.07, 6.45) is 3.08. The van der Waals surface area contributed by atoms with E-state index in [1.807, 2.05) is 13.0 Å². The van der Waals surface area contributed by atoms with Crippen LogP contribution < -0.4 is 5.32 Å². The molecular formula is C10H15NO. The molecule has 0 saturated heterocycles. The molecule has 1 aliphatic rings. The number of furan rings is 1. The molecule has 2 nitrogen and oxygen atoms in total. The lowest BCUT2D eigenvalue weighted by molar-refractivity contribution is 0.525. The lowest BCUT2D eigenvalue weighted by Crippen LogP contribution is -2.16. The molecule has 1 aliphatic carbocycles. The Morgan fingerprint density at radius 3 is 2.92 bits per heavy atom. The zero-order valence-corrected chi connectivity index (χ0v) is 7.63. The van der Waals surface area contributed by atoms with Crippen LogP contribution in [0.5, 0.6) is 0 Å². The minimum Gasteiger partial charge on any atom is -0.469 e. The van der Waals surface area contributed by atoms with E-state index in [2.05, 4.69) is 12.2 Å². The Kier molecular flexibility index (Phi) is 1.93. The van der Waals surface area contributed by atoms with Crippen molar-refractivity contribution in [3.8, 4) is 0 Å². The monoisotopic (exact) mass is 165 g/mol. The number of hydrogen-bond donors (Lipinski definition) is 1.